The number of nitrogens with zero attached hydrogens (tertiary/aromatic N) is 1. The van der Waals surface area contributed by atoms with Gasteiger partial charge in [-0.2, -0.15) is 0 Å². The zero-order chi connectivity index (χ0) is 14.1. The lowest BCUT2D eigenvalue weighted by Gasteiger charge is -2.05. The van der Waals surface area contributed by atoms with Crippen LogP contribution in [0.4, 0.5) is 5.82 Å². The molecule has 0 bridgehead atoms. The first-order chi connectivity index (χ1) is 9.11. The van der Waals surface area contributed by atoms with Gasteiger partial charge < -0.3 is 15.2 Å². The molecule has 0 aliphatic rings. The molecule has 0 unspecified atom stereocenters. The molecule has 1 heterocycles. The molecule has 1 amide bonds. The molecule has 6 nitrogen and oxygen atoms in total. The summed E-state index contributed by atoms with van der Waals surface area (Å²) in [5, 5.41) is 11.1. The van der Waals surface area contributed by atoms with E-state index in [1.807, 2.05) is 6.92 Å². The Bertz CT molecular complexity index is 471. The third-order valence-electron chi connectivity index (χ3n) is 2.05. The highest BCUT2D eigenvalue weighted by atomic mass is 16.5. The summed E-state index contributed by atoms with van der Waals surface area (Å²) >= 11 is 0. The number of nitrogens with one attached hydrogen (secondary N) is 1. The maximum Gasteiger partial charge on any atom is 0.328 e. The molecule has 1 aromatic heterocycles. The van der Waals surface area contributed by atoms with Crippen molar-refractivity contribution < 1.29 is 19.4 Å². The second-order valence-corrected chi connectivity index (χ2v) is 3.75. The minimum absolute atomic E-state index is 0.0231. The predicted molar refractivity (Wildman–Crippen MR) is 70.6 cm³/mol. The van der Waals surface area contributed by atoms with Crippen LogP contribution in [0.2, 0.25) is 0 Å². The van der Waals surface area contributed by atoms with E-state index < -0.39 is 5.97 Å². The quantitative estimate of drug-likeness (QED) is 0.576. The van der Waals surface area contributed by atoms with E-state index in [0.717, 1.165) is 12.5 Å². The molecule has 0 aliphatic heterocycles. The van der Waals surface area contributed by atoms with Crippen molar-refractivity contribution in [3.8, 4) is 0 Å². The van der Waals surface area contributed by atoms with Gasteiger partial charge in [-0.1, -0.05) is 6.92 Å². The highest BCUT2D eigenvalue weighted by Gasteiger charge is 2.03. The lowest BCUT2D eigenvalue weighted by atomic mass is 10.2. The number of hydrogen-bond acceptors (Lipinski definition) is 4. The number of carbonyl (C=O) groups is 2. The summed E-state index contributed by atoms with van der Waals surface area (Å²) in [6.07, 6.45) is 4.78. The Hall–Kier alpha value is -2.21. The first-order valence-electron chi connectivity index (χ1n) is 5.86. The third-order valence-corrected chi connectivity index (χ3v) is 2.05. The molecular weight excluding hydrogens is 248 g/mol. The molecule has 0 aliphatic carbocycles. The van der Waals surface area contributed by atoms with Crippen molar-refractivity contribution in [2.45, 2.75) is 13.3 Å². The lowest BCUT2D eigenvalue weighted by molar-refractivity contribution is -0.131. The zero-order valence-electron chi connectivity index (χ0n) is 10.6. The summed E-state index contributed by atoms with van der Waals surface area (Å²) < 4.78 is 5.09. The number of rotatable bonds is 7. The fraction of sp³-hybridized carbons (Fsp3) is 0.308. The van der Waals surface area contributed by atoms with E-state index in [9.17, 15) is 9.59 Å². The number of anilines is 1. The number of aliphatic carboxylic acids is 1. The van der Waals surface area contributed by atoms with Gasteiger partial charge in [-0.15, -0.1) is 0 Å². The van der Waals surface area contributed by atoms with Gasteiger partial charge in [-0.25, -0.2) is 9.78 Å². The fourth-order valence-corrected chi connectivity index (χ4v) is 1.27. The largest absolute Gasteiger partial charge is 0.478 e. The van der Waals surface area contributed by atoms with Crippen molar-refractivity contribution in [2.75, 3.05) is 18.5 Å². The van der Waals surface area contributed by atoms with Crippen molar-refractivity contribution in [1.82, 2.24) is 4.98 Å². The van der Waals surface area contributed by atoms with Crippen LogP contribution in [-0.4, -0.2) is 35.2 Å². The average molecular weight is 264 g/mol. The number of hydrogen-bond donors (Lipinski definition) is 2. The number of carbonyl (C=O) groups excluding carboxylic acids is 1. The maximum atomic E-state index is 11.5. The summed E-state index contributed by atoms with van der Waals surface area (Å²) in [5.74, 6) is -0.965. The van der Waals surface area contributed by atoms with Gasteiger partial charge in [0.25, 0.3) is 5.91 Å². The predicted octanol–water partition coefficient (Wildman–Crippen LogP) is 1.54. The Morgan fingerprint density at radius 2 is 2.32 bits per heavy atom. The van der Waals surface area contributed by atoms with E-state index in [4.69, 9.17) is 9.84 Å². The van der Waals surface area contributed by atoms with Crippen LogP contribution in [0.25, 0.3) is 6.08 Å². The van der Waals surface area contributed by atoms with Gasteiger partial charge in [0, 0.05) is 18.9 Å². The Balaban J connectivity index is 2.56. The van der Waals surface area contributed by atoms with E-state index >= 15 is 0 Å². The topological polar surface area (TPSA) is 88.5 Å². The van der Waals surface area contributed by atoms with Crippen LogP contribution in [-0.2, 0) is 14.3 Å². The van der Waals surface area contributed by atoms with E-state index in [2.05, 4.69) is 10.3 Å². The van der Waals surface area contributed by atoms with E-state index in [-0.39, 0.29) is 12.5 Å². The van der Waals surface area contributed by atoms with Crippen LogP contribution in [0.15, 0.2) is 24.4 Å². The van der Waals surface area contributed by atoms with Crippen LogP contribution >= 0.6 is 0 Å². The Morgan fingerprint density at radius 1 is 1.53 bits per heavy atom. The monoisotopic (exact) mass is 264 g/mol. The summed E-state index contributed by atoms with van der Waals surface area (Å²) in [7, 11) is 0. The molecule has 2 N–H and O–H groups in total. The van der Waals surface area contributed by atoms with Crippen LogP contribution in [0.1, 0.15) is 18.9 Å². The molecule has 102 valence electrons. The Morgan fingerprint density at radius 3 is 3.00 bits per heavy atom. The number of carboxylic acids is 1. The smallest absolute Gasteiger partial charge is 0.328 e. The minimum Gasteiger partial charge on any atom is -0.478 e. The van der Waals surface area contributed by atoms with Crippen molar-refractivity contribution >= 4 is 23.8 Å². The van der Waals surface area contributed by atoms with Gasteiger partial charge >= 0.3 is 5.97 Å². The molecular formula is C13H16N2O4. The van der Waals surface area contributed by atoms with Gasteiger partial charge in [0.15, 0.2) is 0 Å². The molecule has 0 saturated heterocycles. The summed E-state index contributed by atoms with van der Waals surface area (Å²) in [6.45, 7) is 2.46. The van der Waals surface area contributed by atoms with Crippen LogP contribution in [0, 0.1) is 0 Å². The van der Waals surface area contributed by atoms with Crippen molar-refractivity contribution in [3.63, 3.8) is 0 Å². The number of aromatic nitrogens is 1. The first-order valence-corrected chi connectivity index (χ1v) is 5.86. The minimum atomic E-state index is -1.03. The molecule has 19 heavy (non-hydrogen) atoms. The molecule has 1 rings (SSSR count). The number of ether oxygens (including phenoxy) is 1. The maximum absolute atomic E-state index is 11.5. The average Bonchev–Trinajstić information content (AvgIpc) is 2.37. The first kappa shape index (κ1) is 14.8. The second-order valence-electron chi connectivity index (χ2n) is 3.75. The lowest BCUT2D eigenvalue weighted by Crippen LogP contribution is -2.19. The molecule has 0 spiro atoms. The van der Waals surface area contributed by atoms with Crippen LogP contribution in [0.5, 0.6) is 0 Å². The second kappa shape index (κ2) is 7.99. The number of pyridine rings is 1. The zero-order valence-corrected chi connectivity index (χ0v) is 10.6. The van der Waals surface area contributed by atoms with Crippen LogP contribution in [0.3, 0.4) is 0 Å². The Kier molecular flexibility index (Phi) is 6.25. The van der Waals surface area contributed by atoms with Crippen molar-refractivity contribution in [3.05, 3.63) is 30.0 Å². The van der Waals surface area contributed by atoms with E-state index in [1.54, 1.807) is 12.1 Å². The summed E-state index contributed by atoms with van der Waals surface area (Å²) in [6, 6.07) is 3.22. The molecule has 0 saturated carbocycles. The van der Waals surface area contributed by atoms with E-state index in [0.29, 0.717) is 18.0 Å². The van der Waals surface area contributed by atoms with Gasteiger partial charge in [-0.05, 0) is 30.2 Å². The Labute approximate surface area is 111 Å². The molecule has 0 radical (unpaired) electrons. The SMILES string of the molecule is CCCOCC(=O)Nc1cc(/C=C/C(=O)O)ccn1. The van der Waals surface area contributed by atoms with Gasteiger partial charge in [0.1, 0.15) is 12.4 Å². The van der Waals surface area contributed by atoms with E-state index in [1.165, 1.54) is 12.3 Å². The van der Waals surface area contributed by atoms with Crippen LogP contribution < -0.4 is 5.32 Å². The normalized spacial score (nSPS) is 10.6. The molecule has 0 fully saturated rings. The molecule has 0 atom stereocenters. The van der Waals surface area contributed by atoms with Gasteiger partial charge in [0.2, 0.25) is 0 Å². The number of amides is 1. The molecule has 6 heteroatoms. The van der Waals surface area contributed by atoms with Gasteiger partial charge in [-0.3, -0.25) is 4.79 Å². The van der Waals surface area contributed by atoms with Crippen molar-refractivity contribution in [1.29, 1.82) is 0 Å². The van der Waals surface area contributed by atoms with Gasteiger partial charge in [0.05, 0.1) is 0 Å². The summed E-state index contributed by atoms with van der Waals surface area (Å²) in [4.78, 5) is 25.8. The summed E-state index contributed by atoms with van der Waals surface area (Å²) in [5.41, 5.74) is 0.641. The molecule has 1 aromatic rings. The highest BCUT2D eigenvalue weighted by Crippen LogP contribution is 2.08. The third kappa shape index (κ3) is 6.32. The molecule has 0 aromatic carbocycles. The fourth-order valence-electron chi connectivity index (χ4n) is 1.27. The number of carboxylic acid groups (broad SMARTS) is 1. The van der Waals surface area contributed by atoms with Crippen molar-refractivity contribution in [2.24, 2.45) is 0 Å². The standard InChI is InChI=1S/C13H16N2O4/c1-2-7-19-9-12(16)15-11-8-10(5-6-14-11)3-4-13(17)18/h3-6,8H,2,7,9H2,1H3,(H,17,18)(H,14,15,16)/b4-3+. The highest BCUT2D eigenvalue weighted by molar-refractivity contribution is 5.91.